The summed E-state index contributed by atoms with van der Waals surface area (Å²) < 4.78 is 27.7. The first-order valence-electron chi connectivity index (χ1n) is 6.65. The lowest BCUT2D eigenvalue weighted by Gasteiger charge is -2.06. The number of thiophene rings is 1. The number of nitrogens with one attached hydrogen (secondary N) is 1. The van der Waals surface area contributed by atoms with E-state index in [9.17, 15) is 8.42 Å². The zero-order chi connectivity index (χ0) is 15.6. The van der Waals surface area contributed by atoms with Gasteiger partial charge in [-0.3, -0.25) is 9.71 Å². The van der Waals surface area contributed by atoms with Gasteiger partial charge in [-0.25, -0.2) is 8.42 Å². The largest absolute Gasteiger partial charge is 0.279 e. The maximum absolute atomic E-state index is 12.4. The summed E-state index contributed by atoms with van der Waals surface area (Å²) >= 11 is 1.20. The van der Waals surface area contributed by atoms with Crippen LogP contribution in [0.5, 0.6) is 0 Å². The third-order valence-corrected chi connectivity index (χ3v) is 6.05. The van der Waals surface area contributed by atoms with Crippen molar-refractivity contribution in [2.45, 2.75) is 11.1 Å². The molecule has 0 fully saturated rings. The number of aryl methyl sites for hydroxylation is 1. The van der Waals surface area contributed by atoms with E-state index in [-0.39, 0.29) is 4.21 Å². The van der Waals surface area contributed by atoms with E-state index in [1.807, 2.05) is 37.3 Å². The molecule has 0 amide bonds. The lowest BCUT2D eigenvalue weighted by atomic mass is 10.2. The van der Waals surface area contributed by atoms with Crippen LogP contribution < -0.4 is 4.72 Å². The Labute approximate surface area is 133 Å². The molecular formula is C16H14N2O2S2. The molecule has 0 radical (unpaired) electrons. The fraction of sp³-hybridized carbons (Fsp3) is 0.0625. The minimum Gasteiger partial charge on any atom is -0.279 e. The molecule has 4 nitrogen and oxygen atoms in total. The van der Waals surface area contributed by atoms with Crippen LogP contribution in [0.25, 0.3) is 10.6 Å². The lowest BCUT2D eigenvalue weighted by molar-refractivity contribution is 0.603. The molecule has 2 heterocycles. The quantitative estimate of drug-likeness (QED) is 0.789. The van der Waals surface area contributed by atoms with Crippen molar-refractivity contribution in [1.29, 1.82) is 0 Å². The van der Waals surface area contributed by atoms with Gasteiger partial charge in [-0.1, -0.05) is 23.8 Å². The van der Waals surface area contributed by atoms with Gasteiger partial charge in [-0.05, 0) is 43.3 Å². The van der Waals surface area contributed by atoms with Crippen molar-refractivity contribution in [3.8, 4) is 10.6 Å². The van der Waals surface area contributed by atoms with Crippen LogP contribution in [0.3, 0.4) is 0 Å². The van der Waals surface area contributed by atoms with E-state index >= 15 is 0 Å². The van der Waals surface area contributed by atoms with Crippen LogP contribution in [-0.4, -0.2) is 13.4 Å². The molecule has 0 atom stereocenters. The maximum atomic E-state index is 12.4. The molecule has 0 aliphatic heterocycles. The Morgan fingerprint density at radius 1 is 1.00 bits per heavy atom. The number of aromatic nitrogens is 1. The highest BCUT2D eigenvalue weighted by Crippen LogP contribution is 2.30. The first kappa shape index (κ1) is 14.7. The molecule has 6 heteroatoms. The van der Waals surface area contributed by atoms with Crippen LogP contribution in [0, 0.1) is 6.92 Å². The molecule has 22 heavy (non-hydrogen) atoms. The van der Waals surface area contributed by atoms with Crippen LogP contribution in [-0.2, 0) is 10.0 Å². The average molecular weight is 330 g/mol. The molecule has 0 saturated heterocycles. The van der Waals surface area contributed by atoms with E-state index in [2.05, 4.69) is 9.71 Å². The maximum Gasteiger partial charge on any atom is 0.271 e. The third-order valence-electron chi connectivity index (χ3n) is 3.07. The SMILES string of the molecule is Cc1ccc(NS(=O)(=O)c2ccc(-c3ccccn3)s2)cc1. The molecule has 0 bridgehead atoms. The number of rotatable bonds is 4. The Hall–Kier alpha value is -2.18. The molecule has 1 aromatic carbocycles. The number of pyridine rings is 1. The Kier molecular flexibility index (Phi) is 3.96. The highest BCUT2D eigenvalue weighted by Gasteiger charge is 2.17. The van der Waals surface area contributed by atoms with Gasteiger partial charge >= 0.3 is 0 Å². The summed E-state index contributed by atoms with van der Waals surface area (Å²) in [6.07, 6.45) is 1.69. The Balaban J connectivity index is 1.87. The smallest absolute Gasteiger partial charge is 0.271 e. The Morgan fingerprint density at radius 2 is 1.77 bits per heavy atom. The van der Waals surface area contributed by atoms with E-state index < -0.39 is 10.0 Å². The number of hydrogen-bond donors (Lipinski definition) is 1. The fourth-order valence-electron chi connectivity index (χ4n) is 1.94. The number of nitrogens with zero attached hydrogens (tertiary/aromatic N) is 1. The Morgan fingerprint density at radius 3 is 2.45 bits per heavy atom. The Bertz CT molecular complexity index is 870. The van der Waals surface area contributed by atoms with Gasteiger partial charge in [0.25, 0.3) is 10.0 Å². The molecule has 112 valence electrons. The number of hydrogen-bond acceptors (Lipinski definition) is 4. The van der Waals surface area contributed by atoms with Crippen molar-refractivity contribution in [2.24, 2.45) is 0 Å². The first-order valence-corrected chi connectivity index (χ1v) is 8.95. The van der Waals surface area contributed by atoms with Crippen molar-refractivity contribution in [1.82, 2.24) is 4.98 Å². The summed E-state index contributed by atoms with van der Waals surface area (Å²) in [5, 5.41) is 0. The zero-order valence-corrected chi connectivity index (χ0v) is 13.5. The van der Waals surface area contributed by atoms with Gasteiger partial charge in [0.15, 0.2) is 0 Å². The standard InChI is InChI=1S/C16H14N2O2S2/c1-12-5-7-13(8-6-12)18-22(19,20)16-10-9-15(21-16)14-4-2-3-11-17-14/h2-11,18H,1H3. The summed E-state index contributed by atoms with van der Waals surface area (Å²) in [5.74, 6) is 0. The topological polar surface area (TPSA) is 59.1 Å². The molecular weight excluding hydrogens is 316 g/mol. The van der Waals surface area contributed by atoms with Crippen LogP contribution >= 0.6 is 11.3 Å². The van der Waals surface area contributed by atoms with Crippen molar-refractivity contribution >= 4 is 27.0 Å². The molecule has 2 aromatic heterocycles. The van der Waals surface area contributed by atoms with Crippen molar-refractivity contribution in [3.63, 3.8) is 0 Å². The molecule has 3 aromatic rings. The molecule has 0 unspecified atom stereocenters. The van der Waals surface area contributed by atoms with Crippen molar-refractivity contribution < 1.29 is 8.42 Å². The second-order valence-electron chi connectivity index (χ2n) is 4.81. The lowest BCUT2D eigenvalue weighted by Crippen LogP contribution is -2.11. The summed E-state index contributed by atoms with van der Waals surface area (Å²) in [7, 11) is -3.57. The van der Waals surface area contributed by atoms with E-state index in [1.54, 1.807) is 30.5 Å². The second-order valence-corrected chi connectivity index (χ2v) is 7.80. The normalized spacial score (nSPS) is 11.3. The summed E-state index contributed by atoms with van der Waals surface area (Å²) in [4.78, 5) is 5.06. The predicted octanol–water partition coefficient (Wildman–Crippen LogP) is 3.92. The number of anilines is 1. The monoisotopic (exact) mass is 330 g/mol. The van der Waals surface area contributed by atoms with Crippen LogP contribution in [0.15, 0.2) is 65.0 Å². The molecule has 0 aliphatic carbocycles. The van der Waals surface area contributed by atoms with E-state index in [0.717, 1.165) is 16.1 Å². The van der Waals surface area contributed by atoms with E-state index in [1.165, 1.54) is 11.3 Å². The minimum atomic E-state index is -3.57. The molecule has 0 aliphatic rings. The number of benzene rings is 1. The van der Waals surface area contributed by atoms with Gasteiger partial charge in [0.2, 0.25) is 0 Å². The summed E-state index contributed by atoms with van der Waals surface area (Å²) in [6, 6.07) is 16.2. The van der Waals surface area contributed by atoms with E-state index in [4.69, 9.17) is 0 Å². The van der Waals surface area contributed by atoms with Crippen LogP contribution in [0.2, 0.25) is 0 Å². The summed E-state index contributed by atoms with van der Waals surface area (Å²) in [5.41, 5.74) is 2.40. The summed E-state index contributed by atoms with van der Waals surface area (Å²) in [6.45, 7) is 1.96. The molecule has 0 spiro atoms. The fourth-order valence-corrected chi connectivity index (χ4v) is 4.28. The predicted molar refractivity (Wildman–Crippen MR) is 89.5 cm³/mol. The highest BCUT2D eigenvalue weighted by molar-refractivity contribution is 7.94. The third kappa shape index (κ3) is 3.18. The second kappa shape index (κ2) is 5.90. The van der Waals surface area contributed by atoms with Gasteiger partial charge in [-0.2, -0.15) is 0 Å². The zero-order valence-electron chi connectivity index (χ0n) is 11.9. The molecule has 1 N–H and O–H groups in total. The van der Waals surface area contributed by atoms with Crippen molar-refractivity contribution in [3.05, 3.63) is 66.4 Å². The van der Waals surface area contributed by atoms with Crippen LogP contribution in [0.1, 0.15) is 5.56 Å². The van der Waals surface area contributed by atoms with E-state index in [0.29, 0.717) is 5.69 Å². The van der Waals surface area contributed by atoms with Gasteiger partial charge in [0, 0.05) is 11.9 Å². The first-order chi connectivity index (χ1) is 10.5. The van der Waals surface area contributed by atoms with Gasteiger partial charge in [0.1, 0.15) is 4.21 Å². The minimum absolute atomic E-state index is 0.272. The van der Waals surface area contributed by atoms with Crippen LogP contribution in [0.4, 0.5) is 5.69 Å². The number of sulfonamides is 1. The molecule has 3 rings (SSSR count). The van der Waals surface area contributed by atoms with Gasteiger partial charge < -0.3 is 0 Å². The van der Waals surface area contributed by atoms with Gasteiger partial charge in [0.05, 0.1) is 10.6 Å². The van der Waals surface area contributed by atoms with Gasteiger partial charge in [-0.15, -0.1) is 11.3 Å². The highest BCUT2D eigenvalue weighted by atomic mass is 32.2. The van der Waals surface area contributed by atoms with Crippen molar-refractivity contribution in [2.75, 3.05) is 4.72 Å². The molecule has 0 saturated carbocycles. The average Bonchev–Trinajstić information content (AvgIpc) is 3.01.